The third-order valence-electron chi connectivity index (χ3n) is 5.14. The first-order valence-electron chi connectivity index (χ1n) is 12.0. The molecule has 0 spiro atoms. The average Bonchev–Trinajstić information content (AvgIpc) is 3.42. The van der Waals surface area contributed by atoms with Crippen molar-refractivity contribution in [3.05, 3.63) is 23.4 Å². The van der Waals surface area contributed by atoms with E-state index in [2.05, 4.69) is 37.8 Å². The average molecular weight is 463 g/mol. The molecule has 2 N–H and O–H groups in total. The Balaban J connectivity index is 1.65. The zero-order chi connectivity index (χ0) is 24.2. The summed E-state index contributed by atoms with van der Waals surface area (Å²) in [6, 6.07) is -0.0908. The van der Waals surface area contributed by atoms with Gasteiger partial charge in [0.1, 0.15) is 0 Å². The molecule has 0 fully saturated rings. The van der Waals surface area contributed by atoms with Gasteiger partial charge >= 0.3 is 0 Å². The molecule has 10 heteroatoms. The Morgan fingerprint density at radius 3 is 1.82 bits per heavy atom. The van der Waals surface area contributed by atoms with Gasteiger partial charge in [0.25, 0.3) is 0 Å². The molecule has 0 aromatic carbocycles. The quantitative estimate of drug-likeness (QED) is 0.411. The maximum atomic E-state index is 12.3. The largest absolute Gasteiger partial charge is 0.354 e. The van der Waals surface area contributed by atoms with Gasteiger partial charge in [0.2, 0.25) is 23.6 Å². The van der Waals surface area contributed by atoms with Crippen molar-refractivity contribution in [2.24, 2.45) is 0 Å². The summed E-state index contributed by atoms with van der Waals surface area (Å²) in [6.45, 7) is 10.5. The van der Waals surface area contributed by atoms with E-state index in [0.29, 0.717) is 68.5 Å². The maximum Gasteiger partial charge on any atom is 0.226 e. The number of hydrogen-bond donors (Lipinski definition) is 2. The number of nitrogens with one attached hydrogen (secondary N) is 2. The number of aromatic nitrogens is 4. The SMILES string of the molecule is CCCC(CNC(=O)CCCc1nc(C(C)C)no1)NC(=O)CCCc1nc(C(C)C)no1. The van der Waals surface area contributed by atoms with Crippen molar-refractivity contribution < 1.29 is 18.6 Å². The van der Waals surface area contributed by atoms with Gasteiger partial charge in [-0.15, -0.1) is 0 Å². The van der Waals surface area contributed by atoms with Crippen LogP contribution in [0.3, 0.4) is 0 Å². The lowest BCUT2D eigenvalue weighted by molar-refractivity contribution is -0.123. The van der Waals surface area contributed by atoms with Gasteiger partial charge in [-0.2, -0.15) is 9.97 Å². The Morgan fingerprint density at radius 2 is 1.36 bits per heavy atom. The lowest BCUT2D eigenvalue weighted by Crippen LogP contribution is -2.43. The van der Waals surface area contributed by atoms with E-state index in [1.165, 1.54) is 0 Å². The van der Waals surface area contributed by atoms with E-state index >= 15 is 0 Å². The molecule has 0 aliphatic heterocycles. The Bertz CT molecular complexity index is 861. The first-order valence-corrected chi connectivity index (χ1v) is 12.0. The summed E-state index contributed by atoms with van der Waals surface area (Å²) in [4.78, 5) is 33.2. The van der Waals surface area contributed by atoms with E-state index in [-0.39, 0.29) is 29.7 Å². The van der Waals surface area contributed by atoms with Gasteiger partial charge in [-0.1, -0.05) is 51.4 Å². The van der Waals surface area contributed by atoms with Crippen LogP contribution >= 0.6 is 0 Å². The van der Waals surface area contributed by atoms with Crippen molar-refractivity contribution >= 4 is 11.8 Å². The topological polar surface area (TPSA) is 136 Å². The van der Waals surface area contributed by atoms with Crippen molar-refractivity contribution in [1.82, 2.24) is 30.9 Å². The lowest BCUT2D eigenvalue weighted by Gasteiger charge is -2.18. The highest BCUT2D eigenvalue weighted by Gasteiger charge is 2.15. The molecule has 1 unspecified atom stereocenters. The second-order valence-corrected chi connectivity index (χ2v) is 8.97. The predicted octanol–water partition coefficient (Wildman–Crippen LogP) is 3.45. The fraction of sp³-hybridized carbons (Fsp3) is 0.739. The smallest absolute Gasteiger partial charge is 0.226 e. The highest BCUT2D eigenvalue weighted by Crippen LogP contribution is 2.12. The van der Waals surface area contributed by atoms with Crippen LogP contribution in [0.4, 0.5) is 0 Å². The molecule has 0 aliphatic carbocycles. The van der Waals surface area contributed by atoms with Gasteiger partial charge in [0, 0.05) is 50.1 Å². The molecule has 10 nitrogen and oxygen atoms in total. The van der Waals surface area contributed by atoms with Gasteiger partial charge in [-0.25, -0.2) is 0 Å². The van der Waals surface area contributed by atoms with Crippen LogP contribution in [0.2, 0.25) is 0 Å². The highest BCUT2D eigenvalue weighted by atomic mass is 16.5. The minimum absolute atomic E-state index is 0.0383. The first kappa shape index (κ1) is 26.5. The summed E-state index contributed by atoms with van der Waals surface area (Å²) in [6.07, 6.45) is 4.85. The monoisotopic (exact) mass is 462 g/mol. The Hall–Kier alpha value is -2.78. The predicted molar refractivity (Wildman–Crippen MR) is 122 cm³/mol. The van der Waals surface area contributed by atoms with Crippen LogP contribution in [0.25, 0.3) is 0 Å². The van der Waals surface area contributed by atoms with Gasteiger partial charge in [-0.3, -0.25) is 9.59 Å². The van der Waals surface area contributed by atoms with E-state index in [9.17, 15) is 9.59 Å². The van der Waals surface area contributed by atoms with Crippen LogP contribution in [-0.4, -0.2) is 44.7 Å². The molecule has 2 rings (SSSR count). The van der Waals surface area contributed by atoms with Gasteiger partial charge in [0.05, 0.1) is 0 Å². The Kier molecular flexibility index (Phi) is 11.0. The van der Waals surface area contributed by atoms with Crippen molar-refractivity contribution in [3.63, 3.8) is 0 Å². The van der Waals surface area contributed by atoms with Gasteiger partial charge < -0.3 is 19.7 Å². The molecule has 2 aromatic rings. The van der Waals surface area contributed by atoms with E-state index in [4.69, 9.17) is 9.05 Å². The summed E-state index contributed by atoms with van der Waals surface area (Å²) in [5.41, 5.74) is 0. The second kappa shape index (κ2) is 13.7. The maximum absolute atomic E-state index is 12.3. The summed E-state index contributed by atoms with van der Waals surface area (Å²) in [5, 5.41) is 13.8. The molecular weight excluding hydrogens is 424 g/mol. The number of nitrogens with zero attached hydrogens (tertiary/aromatic N) is 4. The molecule has 2 heterocycles. The van der Waals surface area contributed by atoms with Crippen LogP contribution in [0.1, 0.15) is 108 Å². The van der Waals surface area contributed by atoms with Crippen LogP contribution in [0.15, 0.2) is 9.05 Å². The van der Waals surface area contributed by atoms with Crippen molar-refractivity contribution in [2.45, 2.75) is 104 Å². The zero-order valence-corrected chi connectivity index (χ0v) is 20.5. The third-order valence-corrected chi connectivity index (χ3v) is 5.14. The minimum Gasteiger partial charge on any atom is -0.354 e. The van der Waals surface area contributed by atoms with E-state index < -0.39 is 0 Å². The van der Waals surface area contributed by atoms with Gasteiger partial charge in [0.15, 0.2) is 11.6 Å². The Labute approximate surface area is 195 Å². The number of rotatable bonds is 15. The molecule has 0 saturated heterocycles. The fourth-order valence-corrected chi connectivity index (χ4v) is 3.21. The molecule has 0 aliphatic rings. The molecule has 184 valence electrons. The van der Waals surface area contributed by atoms with Crippen LogP contribution in [0.5, 0.6) is 0 Å². The number of aryl methyl sites for hydroxylation is 2. The molecular formula is C23H38N6O4. The third kappa shape index (κ3) is 9.71. The van der Waals surface area contributed by atoms with E-state index in [1.807, 2.05) is 27.7 Å². The van der Waals surface area contributed by atoms with Gasteiger partial charge in [-0.05, 0) is 19.3 Å². The number of amides is 2. The second-order valence-electron chi connectivity index (χ2n) is 8.97. The summed E-state index contributed by atoms with van der Waals surface area (Å²) in [5.74, 6) is 2.83. The molecule has 0 radical (unpaired) electrons. The minimum atomic E-state index is -0.0908. The molecule has 33 heavy (non-hydrogen) atoms. The molecule has 0 bridgehead atoms. The van der Waals surface area contributed by atoms with Crippen LogP contribution in [0, 0.1) is 0 Å². The van der Waals surface area contributed by atoms with Crippen molar-refractivity contribution in [3.8, 4) is 0 Å². The number of carbonyl (C=O) groups is 2. The van der Waals surface area contributed by atoms with Crippen LogP contribution in [-0.2, 0) is 22.4 Å². The number of carbonyl (C=O) groups excluding carboxylic acids is 2. The summed E-state index contributed by atoms with van der Waals surface area (Å²) in [7, 11) is 0. The molecule has 2 amide bonds. The fourth-order valence-electron chi connectivity index (χ4n) is 3.21. The molecule has 0 saturated carbocycles. The zero-order valence-electron chi connectivity index (χ0n) is 20.5. The normalized spacial score (nSPS) is 12.3. The molecule has 2 aromatic heterocycles. The van der Waals surface area contributed by atoms with E-state index in [1.54, 1.807) is 0 Å². The van der Waals surface area contributed by atoms with Crippen molar-refractivity contribution in [1.29, 1.82) is 0 Å². The Morgan fingerprint density at radius 1 is 0.848 bits per heavy atom. The highest BCUT2D eigenvalue weighted by molar-refractivity contribution is 5.77. The van der Waals surface area contributed by atoms with Crippen LogP contribution < -0.4 is 10.6 Å². The summed E-state index contributed by atoms with van der Waals surface area (Å²) >= 11 is 0. The lowest BCUT2D eigenvalue weighted by atomic mass is 10.1. The molecule has 1 atom stereocenters. The standard InChI is InChI=1S/C23H38N6O4/c1-6-9-17(25-19(31)11-8-13-21-27-23(16(4)5)29-33-21)14-24-18(30)10-7-12-20-26-22(15(2)3)28-32-20/h15-17H,6-14H2,1-5H3,(H,24,30)(H,25,31). The van der Waals surface area contributed by atoms with Crippen molar-refractivity contribution in [2.75, 3.05) is 6.54 Å². The summed E-state index contributed by atoms with van der Waals surface area (Å²) < 4.78 is 10.4. The number of hydrogen-bond acceptors (Lipinski definition) is 8. The van der Waals surface area contributed by atoms with E-state index in [0.717, 1.165) is 12.8 Å². The first-order chi connectivity index (χ1) is 15.8.